The number of carbonyl (C=O) groups is 4. The van der Waals surface area contributed by atoms with Crippen LogP contribution in [0.3, 0.4) is 0 Å². The number of barbiturate groups is 1. The van der Waals surface area contributed by atoms with E-state index in [0.717, 1.165) is 22.0 Å². The number of esters is 1. The predicted octanol–water partition coefficient (Wildman–Crippen LogP) is 3.95. The number of nitrogens with zero attached hydrogens (tertiary/aromatic N) is 2. The quantitative estimate of drug-likeness (QED) is 0.321. The van der Waals surface area contributed by atoms with Crippen molar-refractivity contribution in [1.82, 2.24) is 9.88 Å². The monoisotopic (exact) mass is 487 g/mol. The summed E-state index contributed by atoms with van der Waals surface area (Å²) in [6.45, 7) is 6.08. The molecule has 1 N–H and O–H groups in total. The van der Waals surface area contributed by atoms with Crippen LogP contribution in [0.4, 0.5) is 10.5 Å². The first kappa shape index (κ1) is 24.5. The summed E-state index contributed by atoms with van der Waals surface area (Å²) in [7, 11) is 1.32. The van der Waals surface area contributed by atoms with Crippen LogP contribution < -0.4 is 15.0 Å². The topological polar surface area (TPSA) is 107 Å². The molecule has 9 heteroatoms. The van der Waals surface area contributed by atoms with Crippen LogP contribution in [0.1, 0.15) is 34.2 Å². The van der Waals surface area contributed by atoms with E-state index in [9.17, 15) is 19.2 Å². The highest BCUT2D eigenvalue weighted by atomic mass is 16.5. The van der Waals surface area contributed by atoms with Crippen molar-refractivity contribution >= 4 is 35.6 Å². The lowest BCUT2D eigenvalue weighted by atomic mass is 10.1. The van der Waals surface area contributed by atoms with E-state index in [4.69, 9.17) is 9.47 Å². The number of carbonyl (C=O) groups excluding carboxylic acids is 4. The molecule has 0 aliphatic carbocycles. The van der Waals surface area contributed by atoms with Gasteiger partial charge in [-0.2, -0.15) is 0 Å². The molecule has 2 heterocycles. The molecular formula is C27H25N3O6. The lowest BCUT2D eigenvalue weighted by Crippen LogP contribution is -2.54. The van der Waals surface area contributed by atoms with Gasteiger partial charge < -0.3 is 14.0 Å². The summed E-state index contributed by atoms with van der Waals surface area (Å²) in [5, 5.41) is 2.24. The molecule has 9 nitrogen and oxygen atoms in total. The number of aromatic nitrogens is 1. The molecule has 2 aromatic carbocycles. The highest BCUT2D eigenvalue weighted by Crippen LogP contribution is 2.27. The highest BCUT2D eigenvalue weighted by Gasteiger charge is 2.37. The van der Waals surface area contributed by atoms with Gasteiger partial charge in [0.05, 0.1) is 25.0 Å². The third-order valence-electron chi connectivity index (χ3n) is 5.82. The molecule has 0 saturated carbocycles. The van der Waals surface area contributed by atoms with Crippen LogP contribution >= 0.6 is 0 Å². The summed E-state index contributed by atoms with van der Waals surface area (Å²) in [4.78, 5) is 51.1. The second-order valence-corrected chi connectivity index (χ2v) is 8.09. The van der Waals surface area contributed by atoms with Crippen molar-refractivity contribution < 1.29 is 28.7 Å². The molecule has 1 saturated heterocycles. The minimum Gasteiger partial charge on any atom is -0.494 e. The summed E-state index contributed by atoms with van der Waals surface area (Å²) in [6.07, 6.45) is 1.48. The van der Waals surface area contributed by atoms with E-state index in [1.165, 1.54) is 13.2 Å². The number of imide groups is 2. The summed E-state index contributed by atoms with van der Waals surface area (Å²) >= 11 is 0. The average Bonchev–Trinajstić information content (AvgIpc) is 3.15. The molecule has 1 aliphatic rings. The lowest BCUT2D eigenvalue weighted by molar-refractivity contribution is -0.122. The third-order valence-corrected chi connectivity index (χ3v) is 5.82. The van der Waals surface area contributed by atoms with Crippen LogP contribution in [0.25, 0.3) is 11.8 Å². The van der Waals surface area contributed by atoms with Gasteiger partial charge in [-0.3, -0.25) is 14.9 Å². The minimum atomic E-state index is -0.817. The summed E-state index contributed by atoms with van der Waals surface area (Å²) in [6, 6.07) is 14.4. The van der Waals surface area contributed by atoms with Gasteiger partial charge >= 0.3 is 12.0 Å². The molecule has 4 rings (SSSR count). The van der Waals surface area contributed by atoms with Gasteiger partial charge in [0.15, 0.2) is 0 Å². The summed E-state index contributed by atoms with van der Waals surface area (Å²) in [5.74, 6) is -1.31. The molecule has 3 aromatic rings. The third kappa shape index (κ3) is 4.50. The maximum atomic E-state index is 13.3. The fourth-order valence-electron chi connectivity index (χ4n) is 4.10. The number of nitrogens with one attached hydrogen (secondary N) is 1. The Hall–Kier alpha value is -4.66. The maximum absolute atomic E-state index is 13.3. The van der Waals surface area contributed by atoms with Crippen molar-refractivity contribution in [3.63, 3.8) is 0 Å². The molecule has 0 unspecified atom stereocenters. The van der Waals surface area contributed by atoms with E-state index in [2.05, 4.69) is 5.32 Å². The maximum Gasteiger partial charge on any atom is 0.337 e. The molecule has 1 fully saturated rings. The first-order valence-electron chi connectivity index (χ1n) is 11.3. The highest BCUT2D eigenvalue weighted by molar-refractivity contribution is 6.39. The van der Waals surface area contributed by atoms with E-state index in [-0.39, 0.29) is 5.57 Å². The van der Waals surface area contributed by atoms with Gasteiger partial charge in [0.1, 0.15) is 11.3 Å². The number of hydrogen-bond acceptors (Lipinski definition) is 6. The number of hydrogen-bond donors (Lipinski definition) is 1. The van der Waals surface area contributed by atoms with Gasteiger partial charge in [-0.15, -0.1) is 0 Å². The molecule has 1 aliphatic heterocycles. The van der Waals surface area contributed by atoms with Gasteiger partial charge in [0, 0.05) is 17.1 Å². The molecule has 1 aromatic heterocycles. The van der Waals surface area contributed by atoms with Crippen molar-refractivity contribution in [3.8, 4) is 11.4 Å². The van der Waals surface area contributed by atoms with Crippen LogP contribution in [0, 0.1) is 13.8 Å². The smallest absolute Gasteiger partial charge is 0.337 e. The molecule has 184 valence electrons. The SMILES string of the molecule is CCOc1ccc(N2C(=O)NC(=O)/C(=C/c3cc(C)n(-c4ccc(C(=O)OC)cc4)c3C)C2=O)cc1. The van der Waals surface area contributed by atoms with Crippen LogP contribution in [0.5, 0.6) is 5.75 Å². The molecule has 36 heavy (non-hydrogen) atoms. The fraction of sp³-hybridized carbons (Fsp3) is 0.185. The molecule has 0 bridgehead atoms. The van der Waals surface area contributed by atoms with Crippen molar-refractivity contribution in [2.45, 2.75) is 20.8 Å². The Kier molecular flexibility index (Phi) is 6.73. The van der Waals surface area contributed by atoms with Crippen molar-refractivity contribution in [2.75, 3.05) is 18.6 Å². The Morgan fingerprint density at radius 1 is 0.972 bits per heavy atom. The Morgan fingerprint density at radius 2 is 1.61 bits per heavy atom. The average molecular weight is 488 g/mol. The van der Waals surface area contributed by atoms with Crippen molar-refractivity contribution in [3.05, 3.63) is 82.7 Å². The Morgan fingerprint density at radius 3 is 2.22 bits per heavy atom. The Bertz CT molecular complexity index is 1380. The van der Waals surface area contributed by atoms with E-state index in [1.54, 1.807) is 48.5 Å². The van der Waals surface area contributed by atoms with E-state index in [0.29, 0.717) is 29.2 Å². The van der Waals surface area contributed by atoms with Crippen LogP contribution in [-0.2, 0) is 14.3 Å². The van der Waals surface area contributed by atoms with Crippen LogP contribution in [-0.4, -0.2) is 42.1 Å². The number of aryl methyl sites for hydroxylation is 1. The Labute approximate surface area is 207 Å². The van der Waals surface area contributed by atoms with E-state index in [1.807, 2.05) is 31.4 Å². The van der Waals surface area contributed by atoms with Crippen molar-refractivity contribution in [2.24, 2.45) is 0 Å². The van der Waals surface area contributed by atoms with Gasteiger partial charge in [-0.25, -0.2) is 14.5 Å². The molecule has 0 radical (unpaired) electrons. The second kappa shape index (κ2) is 9.91. The first-order valence-corrected chi connectivity index (χ1v) is 11.3. The fourth-order valence-corrected chi connectivity index (χ4v) is 4.10. The van der Waals surface area contributed by atoms with E-state index >= 15 is 0 Å². The van der Waals surface area contributed by atoms with Gasteiger partial charge in [0.2, 0.25) is 0 Å². The molecular weight excluding hydrogens is 462 g/mol. The normalized spacial score (nSPS) is 14.7. The largest absolute Gasteiger partial charge is 0.494 e. The minimum absolute atomic E-state index is 0.162. The second-order valence-electron chi connectivity index (χ2n) is 8.09. The predicted molar refractivity (Wildman–Crippen MR) is 133 cm³/mol. The van der Waals surface area contributed by atoms with Gasteiger partial charge in [-0.1, -0.05) is 0 Å². The number of anilines is 1. The zero-order valence-electron chi connectivity index (χ0n) is 20.3. The number of amides is 4. The molecule has 0 atom stereocenters. The van der Waals surface area contributed by atoms with Crippen LogP contribution in [0.15, 0.2) is 60.2 Å². The molecule has 0 spiro atoms. The lowest BCUT2D eigenvalue weighted by Gasteiger charge is -2.26. The van der Waals surface area contributed by atoms with Crippen molar-refractivity contribution in [1.29, 1.82) is 0 Å². The zero-order chi connectivity index (χ0) is 26.0. The first-order chi connectivity index (χ1) is 17.2. The number of benzene rings is 2. The molecule has 4 amide bonds. The number of methoxy groups -OCH3 is 1. The summed E-state index contributed by atoms with van der Waals surface area (Å²) in [5.41, 5.74) is 3.65. The Balaban J connectivity index is 1.68. The van der Waals surface area contributed by atoms with Crippen LogP contribution in [0.2, 0.25) is 0 Å². The van der Waals surface area contributed by atoms with Gasteiger partial charge in [-0.05, 0) is 87.0 Å². The number of ether oxygens (including phenoxy) is 2. The van der Waals surface area contributed by atoms with Gasteiger partial charge in [0.25, 0.3) is 11.8 Å². The zero-order valence-corrected chi connectivity index (χ0v) is 20.3. The summed E-state index contributed by atoms with van der Waals surface area (Å²) < 4.78 is 12.1. The van der Waals surface area contributed by atoms with E-state index < -0.39 is 23.8 Å². The number of rotatable bonds is 6. The number of urea groups is 1. The standard InChI is InChI=1S/C27H25N3O6/c1-5-36-22-12-10-21(11-13-22)30-25(32)23(24(31)28-27(30)34)15-19-14-16(2)29(17(19)3)20-8-6-18(7-9-20)26(33)35-4/h6-15H,5H2,1-4H3,(H,28,31,34)/b23-15-.